The van der Waals surface area contributed by atoms with E-state index in [1.54, 1.807) is 0 Å². The average Bonchev–Trinajstić information content (AvgIpc) is 3.18. The van der Waals surface area contributed by atoms with Crippen LogP contribution in [0.5, 0.6) is 0 Å². The summed E-state index contributed by atoms with van der Waals surface area (Å²) < 4.78 is 0. The number of nitrogens with one attached hydrogen (secondary N) is 1. The molecule has 3 rings (SSSR count). The van der Waals surface area contributed by atoms with E-state index < -0.39 is 17.0 Å². The van der Waals surface area contributed by atoms with Crippen LogP contribution in [-0.2, 0) is 16.0 Å². The van der Waals surface area contributed by atoms with Gasteiger partial charge in [0, 0.05) is 24.4 Å². The van der Waals surface area contributed by atoms with Gasteiger partial charge in [0.15, 0.2) is 0 Å². The van der Waals surface area contributed by atoms with E-state index in [1.165, 1.54) is 29.2 Å². The highest BCUT2D eigenvalue weighted by atomic mass is 16.6. The minimum Gasteiger partial charge on any atom is -0.329 e. The lowest BCUT2D eigenvalue weighted by atomic mass is 10.1. The number of hydrogen-bond acceptors (Lipinski definition) is 5. The largest absolute Gasteiger partial charge is 0.329 e. The fraction of sp³-hybridized carbons (Fsp3) is 0.300. The fourth-order valence-corrected chi connectivity index (χ4v) is 3.36. The van der Waals surface area contributed by atoms with Gasteiger partial charge in [0.05, 0.1) is 11.0 Å². The van der Waals surface area contributed by atoms with Crippen LogP contribution in [-0.4, -0.2) is 40.3 Å². The van der Waals surface area contributed by atoms with Gasteiger partial charge in [-0.25, -0.2) is 0 Å². The maximum absolute atomic E-state index is 12.8. The summed E-state index contributed by atoms with van der Waals surface area (Å²) in [5.74, 6) is -0.559. The van der Waals surface area contributed by atoms with Gasteiger partial charge in [-0.1, -0.05) is 30.3 Å². The molecule has 1 heterocycles. The van der Waals surface area contributed by atoms with Crippen LogP contribution in [0.15, 0.2) is 54.6 Å². The zero-order chi connectivity index (χ0) is 20.1. The number of likely N-dealkylation sites (tertiary alicyclic amines) is 1. The summed E-state index contributed by atoms with van der Waals surface area (Å²) in [6.45, 7) is 0.486. The van der Waals surface area contributed by atoms with Crippen molar-refractivity contribution in [2.45, 2.75) is 31.3 Å². The smallest absolute Gasteiger partial charge is 0.269 e. The van der Waals surface area contributed by atoms with Gasteiger partial charge in [-0.2, -0.15) is 0 Å². The summed E-state index contributed by atoms with van der Waals surface area (Å²) in [5.41, 5.74) is 7.46. The lowest BCUT2D eigenvalue weighted by molar-refractivity contribution is -0.384. The van der Waals surface area contributed by atoms with Gasteiger partial charge in [0.25, 0.3) is 5.69 Å². The molecule has 8 nitrogen and oxygen atoms in total. The van der Waals surface area contributed by atoms with Crippen molar-refractivity contribution in [1.29, 1.82) is 0 Å². The third-order valence-corrected chi connectivity index (χ3v) is 4.80. The first-order chi connectivity index (χ1) is 13.5. The molecular formula is C20H22N4O4. The Morgan fingerprint density at radius 3 is 2.50 bits per heavy atom. The number of non-ortho nitro benzene ring substituents is 1. The van der Waals surface area contributed by atoms with Crippen molar-refractivity contribution in [3.8, 4) is 0 Å². The summed E-state index contributed by atoms with van der Waals surface area (Å²) in [5, 5.41) is 13.4. The predicted octanol–water partition coefficient (Wildman–Crippen LogP) is 2.09. The van der Waals surface area contributed by atoms with Gasteiger partial charge in [0.2, 0.25) is 11.8 Å². The monoisotopic (exact) mass is 382 g/mol. The van der Waals surface area contributed by atoms with E-state index in [0.29, 0.717) is 25.1 Å². The molecule has 0 saturated carbocycles. The molecule has 1 saturated heterocycles. The number of amides is 2. The Morgan fingerprint density at radius 2 is 1.86 bits per heavy atom. The van der Waals surface area contributed by atoms with Crippen LogP contribution >= 0.6 is 0 Å². The first-order valence-corrected chi connectivity index (χ1v) is 9.11. The number of carbonyl (C=O) groups excluding carboxylic acids is 2. The number of carbonyl (C=O) groups is 2. The molecule has 1 fully saturated rings. The molecule has 1 aliphatic heterocycles. The van der Waals surface area contributed by atoms with Gasteiger partial charge < -0.3 is 16.0 Å². The quantitative estimate of drug-likeness (QED) is 0.586. The lowest BCUT2D eigenvalue weighted by Crippen LogP contribution is -2.50. The van der Waals surface area contributed by atoms with Crippen LogP contribution < -0.4 is 11.1 Å². The summed E-state index contributed by atoms with van der Waals surface area (Å²) in [6, 6.07) is 13.8. The van der Waals surface area contributed by atoms with E-state index in [4.69, 9.17) is 5.73 Å². The Morgan fingerprint density at radius 1 is 1.18 bits per heavy atom. The van der Waals surface area contributed by atoms with Crippen molar-refractivity contribution in [2.75, 3.05) is 11.9 Å². The van der Waals surface area contributed by atoms with E-state index in [0.717, 1.165) is 12.0 Å². The minimum atomic E-state index is -0.713. The molecule has 2 aromatic rings. The van der Waals surface area contributed by atoms with Crippen molar-refractivity contribution in [2.24, 2.45) is 5.73 Å². The number of anilines is 1. The number of nitrogens with two attached hydrogens (primary N) is 1. The molecule has 0 unspecified atom stereocenters. The predicted molar refractivity (Wildman–Crippen MR) is 105 cm³/mol. The summed E-state index contributed by atoms with van der Waals surface area (Å²) in [6.07, 6.45) is 1.69. The number of hydrogen-bond donors (Lipinski definition) is 2. The van der Waals surface area contributed by atoms with Gasteiger partial charge in [-0.3, -0.25) is 19.7 Å². The second-order valence-electron chi connectivity index (χ2n) is 6.78. The lowest BCUT2D eigenvalue weighted by Gasteiger charge is -2.26. The highest BCUT2D eigenvalue weighted by Gasteiger charge is 2.36. The van der Waals surface area contributed by atoms with Gasteiger partial charge in [0.1, 0.15) is 6.04 Å². The molecule has 1 aliphatic rings. The molecule has 0 aromatic heterocycles. The Balaban J connectivity index is 1.63. The number of rotatable bonds is 6. The van der Waals surface area contributed by atoms with Crippen LogP contribution in [0.1, 0.15) is 18.4 Å². The molecule has 146 valence electrons. The van der Waals surface area contributed by atoms with Crippen LogP contribution in [0.25, 0.3) is 0 Å². The Hall–Kier alpha value is -3.26. The van der Waals surface area contributed by atoms with Gasteiger partial charge in [-0.05, 0) is 37.0 Å². The molecule has 0 bridgehead atoms. The normalized spacial score (nSPS) is 17.2. The van der Waals surface area contributed by atoms with Crippen LogP contribution in [0.3, 0.4) is 0 Å². The Labute approximate surface area is 162 Å². The molecule has 2 amide bonds. The molecule has 0 spiro atoms. The van der Waals surface area contributed by atoms with Crippen molar-refractivity contribution in [3.05, 3.63) is 70.3 Å². The van der Waals surface area contributed by atoms with E-state index in [2.05, 4.69) is 5.32 Å². The van der Waals surface area contributed by atoms with Gasteiger partial charge >= 0.3 is 0 Å². The standard InChI is InChI=1S/C20H22N4O4/c21-17(13-14-5-2-1-3-6-14)20(26)23-12-4-7-18(23)19(25)22-15-8-10-16(11-9-15)24(27)28/h1-3,5-6,8-11,17-18H,4,7,12-13,21H2,(H,22,25)/t17-,18-/m0/s1. The van der Waals surface area contributed by atoms with Crippen molar-refractivity contribution in [1.82, 2.24) is 4.90 Å². The van der Waals surface area contributed by atoms with Crippen LogP contribution in [0.2, 0.25) is 0 Å². The number of nitrogens with zero attached hydrogens (tertiary/aromatic N) is 2. The van der Waals surface area contributed by atoms with Crippen LogP contribution in [0.4, 0.5) is 11.4 Å². The highest BCUT2D eigenvalue weighted by Crippen LogP contribution is 2.22. The van der Waals surface area contributed by atoms with Crippen molar-refractivity contribution >= 4 is 23.2 Å². The van der Waals surface area contributed by atoms with E-state index in [9.17, 15) is 19.7 Å². The van der Waals surface area contributed by atoms with Crippen molar-refractivity contribution in [3.63, 3.8) is 0 Å². The molecule has 2 atom stereocenters. The summed E-state index contributed by atoms with van der Waals surface area (Å²) >= 11 is 0. The number of nitro benzene ring substituents is 1. The second kappa shape index (κ2) is 8.62. The second-order valence-corrected chi connectivity index (χ2v) is 6.78. The first kappa shape index (κ1) is 19.5. The third-order valence-electron chi connectivity index (χ3n) is 4.80. The highest BCUT2D eigenvalue weighted by molar-refractivity contribution is 5.98. The van der Waals surface area contributed by atoms with Crippen molar-refractivity contribution < 1.29 is 14.5 Å². The molecule has 2 aromatic carbocycles. The fourth-order valence-electron chi connectivity index (χ4n) is 3.36. The van der Waals surface area contributed by atoms with Gasteiger partial charge in [-0.15, -0.1) is 0 Å². The summed E-state index contributed by atoms with van der Waals surface area (Å²) in [7, 11) is 0. The molecule has 0 radical (unpaired) electrons. The zero-order valence-corrected chi connectivity index (χ0v) is 15.3. The molecule has 8 heteroatoms. The zero-order valence-electron chi connectivity index (χ0n) is 15.3. The summed E-state index contributed by atoms with van der Waals surface area (Å²) in [4.78, 5) is 37.2. The van der Waals surface area contributed by atoms with E-state index in [-0.39, 0.29) is 17.5 Å². The Bertz CT molecular complexity index is 854. The average molecular weight is 382 g/mol. The third kappa shape index (κ3) is 4.52. The SMILES string of the molecule is N[C@@H](Cc1ccccc1)C(=O)N1CCC[C@H]1C(=O)Nc1ccc([N+](=O)[O-])cc1. The van der Waals surface area contributed by atoms with E-state index in [1.807, 2.05) is 30.3 Å². The Kier molecular flexibility index (Phi) is 6.00. The number of nitro groups is 1. The molecule has 28 heavy (non-hydrogen) atoms. The number of benzene rings is 2. The maximum atomic E-state index is 12.8. The maximum Gasteiger partial charge on any atom is 0.269 e. The topological polar surface area (TPSA) is 119 Å². The first-order valence-electron chi connectivity index (χ1n) is 9.11. The minimum absolute atomic E-state index is 0.0532. The molecule has 0 aliphatic carbocycles. The van der Waals surface area contributed by atoms with E-state index >= 15 is 0 Å². The van der Waals surface area contributed by atoms with Crippen LogP contribution in [0, 0.1) is 10.1 Å². The molecular weight excluding hydrogens is 360 g/mol. The molecule has 3 N–H and O–H groups in total.